The van der Waals surface area contributed by atoms with Crippen molar-refractivity contribution >= 4 is 17.4 Å². The lowest BCUT2D eigenvalue weighted by atomic mass is 10.3. The molecule has 2 N–H and O–H groups in total. The minimum Gasteiger partial charge on any atom is -0.508 e. The maximum absolute atomic E-state index is 9.16. The number of nitrogens with zero attached hydrogens (tertiary/aromatic N) is 2. The molecule has 2 aromatic rings. The molecule has 0 amide bonds. The van der Waals surface area contributed by atoms with Crippen LogP contribution in [0.1, 0.15) is 18.6 Å². The number of aromatic hydroxyl groups is 1. The van der Waals surface area contributed by atoms with Crippen LogP contribution in [0.4, 0.5) is 5.69 Å². The van der Waals surface area contributed by atoms with Gasteiger partial charge >= 0.3 is 0 Å². The van der Waals surface area contributed by atoms with Crippen molar-refractivity contribution in [3.8, 4) is 5.75 Å². The van der Waals surface area contributed by atoms with Crippen molar-refractivity contribution < 1.29 is 9.63 Å². The average molecular weight is 265 g/mol. The van der Waals surface area contributed by atoms with E-state index >= 15 is 0 Å². The third kappa shape index (κ3) is 3.66. The minimum atomic E-state index is 0.247. The lowest BCUT2D eigenvalue weighted by Gasteiger charge is -2.02. The first kappa shape index (κ1) is 12.8. The summed E-state index contributed by atoms with van der Waals surface area (Å²) in [4.78, 5) is 4.27. The van der Waals surface area contributed by atoms with Gasteiger partial charge in [-0.15, -0.1) is 0 Å². The molecule has 0 fully saturated rings. The number of thioether (sulfide) groups is 1. The van der Waals surface area contributed by atoms with E-state index in [1.54, 1.807) is 36.0 Å². The van der Waals surface area contributed by atoms with Crippen LogP contribution in [-0.4, -0.2) is 21.0 Å². The number of phenolic OH excluding ortho intramolecular Hbond substituents is 1. The first-order chi connectivity index (χ1) is 8.78. The van der Waals surface area contributed by atoms with E-state index in [1.807, 2.05) is 0 Å². The standard InChI is InChI=1S/C12H15N3O2S/c1-2-18-8-11-14-12(17-15-11)7-13-9-3-5-10(16)6-4-9/h3-6,13,16H,2,7-8H2,1H3. The first-order valence-electron chi connectivity index (χ1n) is 5.70. The number of hydrogen-bond acceptors (Lipinski definition) is 6. The maximum atomic E-state index is 9.16. The zero-order valence-electron chi connectivity index (χ0n) is 10.1. The molecule has 0 saturated heterocycles. The van der Waals surface area contributed by atoms with Gasteiger partial charge in [0.1, 0.15) is 5.75 Å². The highest BCUT2D eigenvalue weighted by Gasteiger charge is 2.05. The number of nitrogens with one attached hydrogen (secondary N) is 1. The fourth-order valence-electron chi connectivity index (χ4n) is 1.37. The largest absolute Gasteiger partial charge is 0.508 e. The van der Waals surface area contributed by atoms with Crippen LogP contribution in [0.15, 0.2) is 28.8 Å². The summed E-state index contributed by atoms with van der Waals surface area (Å²) in [5.74, 6) is 3.35. The van der Waals surface area contributed by atoms with Crippen molar-refractivity contribution in [3.63, 3.8) is 0 Å². The van der Waals surface area contributed by atoms with Crippen LogP contribution >= 0.6 is 11.8 Å². The molecule has 1 heterocycles. The topological polar surface area (TPSA) is 71.2 Å². The fourth-order valence-corrected chi connectivity index (χ4v) is 1.87. The van der Waals surface area contributed by atoms with E-state index in [0.717, 1.165) is 23.0 Å². The maximum Gasteiger partial charge on any atom is 0.245 e. The number of anilines is 1. The lowest BCUT2D eigenvalue weighted by Crippen LogP contribution is -1.99. The molecule has 0 spiro atoms. The summed E-state index contributed by atoms with van der Waals surface area (Å²) in [6.07, 6.45) is 0. The highest BCUT2D eigenvalue weighted by molar-refractivity contribution is 7.98. The Morgan fingerprint density at radius 1 is 1.33 bits per heavy atom. The monoisotopic (exact) mass is 265 g/mol. The lowest BCUT2D eigenvalue weighted by molar-refractivity contribution is 0.379. The highest BCUT2D eigenvalue weighted by Crippen LogP contribution is 2.15. The second kappa shape index (κ2) is 6.30. The number of rotatable bonds is 6. The summed E-state index contributed by atoms with van der Waals surface area (Å²) in [5.41, 5.74) is 0.899. The second-order valence-corrected chi connectivity index (χ2v) is 4.92. The smallest absolute Gasteiger partial charge is 0.245 e. The average Bonchev–Trinajstić information content (AvgIpc) is 2.84. The van der Waals surface area contributed by atoms with Gasteiger partial charge in [0, 0.05) is 5.69 Å². The van der Waals surface area contributed by atoms with Crippen LogP contribution in [0, 0.1) is 0 Å². The zero-order valence-corrected chi connectivity index (χ0v) is 10.9. The van der Waals surface area contributed by atoms with E-state index in [0.29, 0.717) is 12.4 Å². The summed E-state index contributed by atoms with van der Waals surface area (Å²) < 4.78 is 5.12. The molecular formula is C12H15N3O2S. The molecule has 6 heteroatoms. The molecule has 0 aliphatic heterocycles. The number of phenols is 1. The van der Waals surface area contributed by atoms with Crippen LogP contribution in [0.25, 0.3) is 0 Å². The Labute approximate surface area is 110 Å². The Hall–Kier alpha value is -1.69. The van der Waals surface area contributed by atoms with Gasteiger partial charge in [0.15, 0.2) is 5.82 Å². The van der Waals surface area contributed by atoms with E-state index in [4.69, 9.17) is 9.63 Å². The van der Waals surface area contributed by atoms with E-state index in [2.05, 4.69) is 22.4 Å². The van der Waals surface area contributed by atoms with Crippen molar-refractivity contribution in [1.82, 2.24) is 10.1 Å². The van der Waals surface area contributed by atoms with Crippen LogP contribution in [0.3, 0.4) is 0 Å². The Morgan fingerprint density at radius 3 is 2.83 bits per heavy atom. The molecule has 96 valence electrons. The first-order valence-corrected chi connectivity index (χ1v) is 6.85. The predicted octanol–water partition coefficient (Wildman–Crippen LogP) is 2.64. The third-order valence-corrected chi connectivity index (χ3v) is 3.13. The van der Waals surface area contributed by atoms with Crippen molar-refractivity contribution in [2.24, 2.45) is 0 Å². The molecule has 5 nitrogen and oxygen atoms in total. The predicted molar refractivity (Wildman–Crippen MR) is 71.6 cm³/mol. The van der Waals surface area contributed by atoms with Gasteiger partial charge in [0.05, 0.1) is 12.3 Å². The summed E-state index contributed by atoms with van der Waals surface area (Å²) in [6.45, 7) is 2.58. The summed E-state index contributed by atoms with van der Waals surface area (Å²) >= 11 is 1.76. The van der Waals surface area contributed by atoms with Gasteiger partial charge in [-0.25, -0.2) is 0 Å². The SMILES string of the molecule is CCSCc1noc(CNc2ccc(O)cc2)n1. The van der Waals surface area contributed by atoms with Crippen molar-refractivity contribution in [2.75, 3.05) is 11.1 Å². The summed E-state index contributed by atoms with van der Waals surface area (Å²) in [6, 6.07) is 6.83. The summed E-state index contributed by atoms with van der Waals surface area (Å²) in [7, 11) is 0. The Kier molecular flexibility index (Phi) is 4.46. The van der Waals surface area contributed by atoms with Crippen LogP contribution in [0.5, 0.6) is 5.75 Å². The number of hydrogen-bond donors (Lipinski definition) is 2. The van der Waals surface area contributed by atoms with Crippen LogP contribution in [0.2, 0.25) is 0 Å². The highest BCUT2D eigenvalue weighted by atomic mass is 32.2. The third-order valence-electron chi connectivity index (χ3n) is 2.26. The molecule has 0 aliphatic rings. The molecule has 0 aliphatic carbocycles. The van der Waals surface area contributed by atoms with Gasteiger partial charge in [0.2, 0.25) is 5.89 Å². The Morgan fingerprint density at radius 2 is 2.11 bits per heavy atom. The number of aromatic nitrogens is 2. The van der Waals surface area contributed by atoms with E-state index in [9.17, 15) is 0 Å². The van der Waals surface area contributed by atoms with Gasteiger partial charge in [0.25, 0.3) is 0 Å². The molecule has 2 rings (SSSR count). The van der Waals surface area contributed by atoms with Crippen molar-refractivity contribution in [2.45, 2.75) is 19.2 Å². The van der Waals surface area contributed by atoms with E-state index in [-0.39, 0.29) is 5.75 Å². The molecule has 0 radical (unpaired) electrons. The van der Waals surface area contributed by atoms with E-state index in [1.165, 1.54) is 0 Å². The quantitative estimate of drug-likeness (QED) is 0.782. The van der Waals surface area contributed by atoms with Gasteiger partial charge in [-0.1, -0.05) is 12.1 Å². The van der Waals surface area contributed by atoms with Crippen LogP contribution < -0.4 is 5.32 Å². The van der Waals surface area contributed by atoms with Crippen molar-refractivity contribution in [3.05, 3.63) is 36.0 Å². The second-order valence-electron chi connectivity index (χ2n) is 3.64. The number of benzene rings is 1. The van der Waals surface area contributed by atoms with Crippen molar-refractivity contribution in [1.29, 1.82) is 0 Å². The molecule has 1 aromatic heterocycles. The minimum absolute atomic E-state index is 0.247. The molecule has 0 bridgehead atoms. The molecule has 18 heavy (non-hydrogen) atoms. The fraction of sp³-hybridized carbons (Fsp3) is 0.333. The van der Waals surface area contributed by atoms with Gasteiger partial charge in [-0.05, 0) is 30.0 Å². The normalized spacial score (nSPS) is 10.5. The molecule has 0 atom stereocenters. The summed E-state index contributed by atoms with van der Waals surface area (Å²) in [5, 5.41) is 16.2. The zero-order chi connectivity index (χ0) is 12.8. The Balaban J connectivity index is 1.86. The molecular weight excluding hydrogens is 250 g/mol. The molecule has 1 aromatic carbocycles. The Bertz CT molecular complexity index is 484. The van der Waals surface area contributed by atoms with Gasteiger partial charge in [-0.2, -0.15) is 16.7 Å². The molecule has 0 saturated carbocycles. The molecule has 0 unspecified atom stereocenters. The van der Waals surface area contributed by atoms with Crippen LogP contribution in [-0.2, 0) is 12.3 Å². The van der Waals surface area contributed by atoms with E-state index < -0.39 is 0 Å². The van der Waals surface area contributed by atoms with Gasteiger partial charge < -0.3 is 14.9 Å². The van der Waals surface area contributed by atoms with Gasteiger partial charge in [-0.3, -0.25) is 0 Å².